The lowest BCUT2D eigenvalue weighted by molar-refractivity contribution is -0.124. The molecule has 3 nitrogen and oxygen atoms in total. The number of amides is 1. The van der Waals surface area contributed by atoms with Gasteiger partial charge in [-0.25, -0.2) is 0 Å². The summed E-state index contributed by atoms with van der Waals surface area (Å²) in [5, 5.41) is 0. The van der Waals surface area contributed by atoms with Gasteiger partial charge < -0.3 is 10.6 Å². The lowest BCUT2D eigenvalue weighted by Gasteiger charge is -2.20. The van der Waals surface area contributed by atoms with Gasteiger partial charge in [-0.3, -0.25) is 4.79 Å². The standard InChI is InChI=1S/C16H24N2O/c1-13(2)15(17)11-12-18(3)16(19)10-9-14-7-5-4-6-8-14/h4-10,13,15H,11-12,17H2,1-3H3/b10-9+. The van der Waals surface area contributed by atoms with E-state index in [2.05, 4.69) is 13.8 Å². The molecule has 0 fully saturated rings. The van der Waals surface area contributed by atoms with Crippen LogP contribution in [0.4, 0.5) is 0 Å². The third kappa shape index (κ3) is 5.71. The average Bonchev–Trinajstić information content (AvgIpc) is 2.42. The molecule has 2 N–H and O–H groups in total. The van der Waals surface area contributed by atoms with Gasteiger partial charge in [-0.2, -0.15) is 0 Å². The highest BCUT2D eigenvalue weighted by Crippen LogP contribution is 2.05. The van der Waals surface area contributed by atoms with Gasteiger partial charge in [0, 0.05) is 25.7 Å². The Balaban J connectivity index is 2.43. The van der Waals surface area contributed by atoms with Crippen molar-refractivity contribution in [3.63, 3.8) is 0 Å². The first-order chi connectivity index (χ1) is 9.00. The second kappa shape index (κ2) is 7.74. The predicted molar refractivity (Wildman–Crippen MR) is 80.5 cm³/mol. The molecule has 104 valence electrons. The van der Waals surface area contributed by atoms with Crippen LogP contribution in [-0.2, 0) is 4.79 Å². The first kappa shape index (κ1) is 15.4. The maximum Gasteiger partial charge on any atom is 0.246 e. The molecule has 0 heterocycles. The molecule has 0 aliphatic rings. The zero-order chi connectivity index (χ0) is 14.3. The quantitative estimate of drug-likeness (QED) is 0.799. The molecule has 1 amide bonds. The summed E-state index contributed by atoms with van der Waals surface area (Å²) in [5.74, 6) is 0.461. The topological polar surface area (TPSA) is 46.3 Å². The largest absolute Gasteiger partial charge is 0.342 e. The molecule has 0 saturated carbocycles. The van der Waals surface area contributed by atoms with E-state index in [0.29, 0.717) is 12.5 Å². The van der Waals surface area contributed by atoms with Crippen molar-refractivity contribution in [2.45, 2.75) is 26.3 Å². The SMILES string of the molecule is CC(C)C(N)CCN(C)C(=O)/C=C/c1ccccc1. The van der Waals surface area contributed by atoms with Crippen LogP contribution in [0.15, 0.2) is 36.4 Å². The highest BCUT2D eigenvalue weighted by molar-refractivity contribution is 5.91. The summed E-state index contributed by atoms with van der Waals surface area (Å²) in [6, 6.07) is 9.95. The Morgan fingerprint density at radius 2 is 1.95 bits per heavy atom. The molecule has 0 aromatic heterocycles. The van der Waals surface area contributed by atoms with Gasteiger partial charge in [0.05, 0.1) is 0 Å². The van der Waals surface area contributed by atoms with Gasteiger partial charge in [0.15, 0.2) is 0 Å². The third-order valence-electron chi connectivity index (χ3n) is 3.25. The summed E-state index contributed by atoms with van der Waals surface area (Å²) in [6.45, 7) is 4.89. The van der Waals surface area contributed by atoms with Crippen LogP contribution in [0.2, 0.25) is 0 Å². The molecule has 0 aliphatic carbocycles. The van der Waals surface area contributed by atoms with E-state index < -0.39 is 0 Å². The Morgan fingerprint density at radius 3 is 2.53 bits per heavy atom. The number of hydrogen-bond donors (Lipinski definition) is 1. The molecule has 0 aliphatic heterocycles. The number of likely N-dealkylation sites (N-methyl/N-ethyl adjacent to an activating group) is 1. The van der Waals surface area contributed by atoms with Crippen molar-refractivity contribution in [3.8, 4) is 0 Å². The van der Waals surface area contributed by atoms with Gasteiger partial charge >= 0.3 is 0 Å². The smallest absolute Gasteiger partial charge is 0.246 e. The van der Waals surface area contributed by atoms with E-state index in [0.717, 1.165) is 12.0 Å². The lowest BCUT2D eigenvalue weighted by Crippen LogP contribution is -2.33. The van der Waals surface area contributed by atoms with Crippen molar-refractivity contribution < 1.29 is 4.79 Å². The second-order valence-corrected chi connectivity index (χ2v) is 5.20. The van der Waals surface area contributed by atoms with Crippen LogP contribution in [0.3, 0.4) is 0 Å². The zero-order valence-corrected chi connectivity index (χ0v) is 12.0. The van der Waals surface area contributed by atoms with Crippen molar-refractivity contribution in [2.75, 3.05) is 13.6 Å². The van der Waals surface area contributed by atoms with E-state index in [9.17, 15) is 4.79 Å². The molecule has 1 rings (SSSR count). The number of nitrogens with zero attached hydrogens (tertiary/aromatic N) is 1. The molecule has 1 aromatic rings. The summed E-state index contributed by atoms with van der Waals surface area (Å²) in [5.41, 5.74) is 7.00. The average molecular weight is 260 g/mol. The molecule has 0 radical (unpaired) electrons. The Labute approximate surface area is 116 Å². The molecular weight excluding hydrogens is 236 g/mol. The molecular formula is C16H24N2O. The summed E-state index contributed by atoms with van der Waals surface area (Å²) < 4.78 is 0. The highest BCUT2D eigenvalue weighted by atomic mass is 16.2. The van der Waals surface area contributed by atoms with Crippen LogP contribution in [0.1, 0.15) is 25.8 Å². The number of hydrogen-bond acceptors (Lipinski definition) is 2. The van der Waals surface area contributed by atoms with E-state index >= 15 is 0 Å². The first-order valence-electron chi connectivity index (χ1n) is 6.74. The van der Waals surface area contributed by atoms with Crippen LogP contribution in [0.25, 0.3) is 6.08 Å². The molecule has 0 bridgehead atoms. The Bertz CT molecular complexity index is 412. The van der Waals surface area contributed by atoms with E-state index in [-0.39, 0.29) is 11.9 Å². The number of benzene rings is 1. The fourth-order valence-corrected chi connectivity index (χ4v) is 1.65. The Morgan fingerprint density at radius 1 is 1.32 bits per heavy atom. The fraction of sp³-hybridized carbons (Fsp3) is 0.438. The van der Waals surface area contributed by atoms with Crippen molar-refractivity contribution in [1.82, 2.24) is 4.90 Å². The van der Waals surface area contributed by atoms with Gasteiger partial charge in [0.1, 0.15) is 0 Å². The number of nitrogens with two attached hydrogens (primary N) is 1. The Kier molecular flexibility index (Phi) is 6.30. The monoisotopic (exact) mass is 260 g/mol. The van der Waals surface area contributed by atoms with E-state index in [4.69, 9.17) is 5.73 Å². The summed E-state index contributed by atoms with van der Waals surface area (Å²) in [6.07, 6.45) is 4.27. The van der Waals surface area contributed by atoms with Crippen molar-refractivity contribution in [1.29, 1.82) is 0 Å². The summed E-state index contributed by atoms with van der Waals surface area (Å²) in [7, 11) is 1.81. The van der Waals surface area contributed by atoms with Crippen LogP contribution >= 0.6 is 0 Å². The molecule has 1 atom stereocenters. The fourth-order valence-electron chi connectivity index (χ4n) is 1.65. The number of carbonyl (C=O) groups is 1. The van der Waals surface area contributed by atoms with Crippen LogP contribution in [0.5, 0.6) is 0 Å². The van der Waals surface area contributed by atoms with Crippen molar-refractivity contribution in [3.05, 3.63) is 42.0 Å². The van der Waals surface area contributed by atoms with Crippen LogP contribution in [0, 0.1) is 5.92 Å². The number of carbonyl (C=O) groups excluding carboxylic acids is 1. The zero-order valence-electron chi connectivity index (χ0n) is 12.0. The molecule has 0 spiro atoms. The minimum Gasteiger partial charge on any atom is -0.342 e. The minimum absolute atomic E-state index is 0.0137. The van der Waals surface area contributed by atoms with Gasteiger partial charge in [-0.1, -0.05) is 44.2 Å². The van der Waals surface area contributed by atoms with E-state index in [1.807, 2.05) is 43.5 Å². The predicted octanol–water partition coefficient (Wildman–Crippen LogP) is 2.53. The van der Waals surface area contributed by atoms with Crippen LogP contribution < -0.4 is 5.73 Å². The summed E-state index contributed by atoms with van der Waals surface area (Å²) >= 11 is 0. The lowest BCUT2D eigenvalue weighted by atomic mass is 10.0. The molecule has 0 saturated heterocycles. The van der Waals surface area contributed by atoms with E-state index in [1.165, 1.54) is 0 Å². The van der Waals surface area contributed by atoms with Gasteiger partial charge in [-0.05, 0) is 24.0 Å². The second-order valence-electron chi connectivity index (χ2n) is 5.20. The number of rotatable bonds is 6. The van der Waals surface area contributed by atoms with Crippen molar-refractivity contribution >= 4 is 12.0 Å². The van der Waals surface area contributed by atoms with Crippen molar-refractivity contribution in [2.24, 2.45) is 11.7 Å². The molecule has 1 unspecified atom stereocenters. The maximum atomic E-state index is 11.9. The molecule has 3 heteroatoms. The minimum atomic E-state index is 0.0137. The van der Waals surface area contributed by atoms with Gasteiger partial charge in [0.2, 0.25) is 5.91 Å². The molecule has 19 heavy (non-hydrogen) atoms. The van der Waals surface area contributed by atoms with E-state index in [1.54, 1.807) is 11.0 Å². The highest BCUT2D eigenvalue weighted by Gasteiger charge is 2.10. The Hall–Kier alpha value is -1.61. The third-order valence-corrected chi connectivity index (χ3v) is 3.25. The normalized spacial score (nSPS) is 12.9. The van der Waals surface area contributed by atoms with Gasteiger partial charge in [0.25, 0.3) is 0 Å². The maximum absolute atomic E-state index is 11.9. The molecule has 1 aromatic carbocycles. The first-order valence-corrected chi connectivity index (χ1v) is 6.74. The van der Waals surface area contributed by atoms with Crippen LogP contribution in [-0.4, -0.2) is 30.4 Å². The summed E-state index contributed by atoms with van der Waals surface area (Å²) in [4.78, 5) is 13.6. The van der Waals surface area contributed by atoms with Gasteiger partial charge in [-0.15, -0.1) is 0 Å².